The van der Waals surface area contributed by atoms with Crippen molar-refractivity contribution in [3.63, 3.8) is 0 Å². The van der Waals surface area contributed by atoms with Crippen LogP contribution in [-0.2, 0) is 20.2 Å². The Morgan fingerprint density at radius 1 is 1.24 bits per heavy atom. The van der Waals surface area contributed by atoms with Gasteiger partial charge in [0.25, 0.3) is 0 Å². The molecule has 1 heterocycles. The molecule has 0 aliphatic rings. The minimum atomic E-state index is 0.438. The second kappa shape index (κ2) is 7.13. The molecule has 0 unspecified atom stereocenters. The predicted octanol–water partition coefficient (Wildman–Crippen LogP) is 2.56. The lowest BCUT2D eigenvalue weighted by molar-refractivity contribution is 0.284. The van der Waals surface area contributed by atoms with Gasteiger partial charge in [0.1, 0.15) is 18.1 Å². The highest BCUT2D eigenvalue weighted by atomic mass is 16.5. The summed E-state index contributed by atoms with van der Waals surface area (Å²) in [4.78, 5) is 0. The molecule has 0 spiro atoms. The normalized spacial score (nSPS) is 10.7. The van der Waals surface area contributed by atoms with Crippen LogP contribution in [0.5, 0.6) is 11.5 Å². The highest BCUT2D eigenvalue weighted by Gasteiger charge is 2.08. The average Bonchev–Trinajstić information content (AvgIpc) is 2.81. The summed E-state index contributed by atoms with van der Waals surface area (Å²) in [5.74, 6) is 1.58. The minimum absolute atomic E-state index is 0.438. The zero-order valence-electron chi connectivity index (χ0n) is 12.9. The first-order chi connectivity index (χ1) is 10.1. The van der Waals surface area contributed by atoms with Gasteiger partial charge in [0.05, 0.1) is 18.0 Å². The lowest BCUT2D eigenvalue weighted by Gasteiger charge is -2.13. The van der Waals surface area contributed by atoms with Crippen molar-refractivity contribution in [2.45, 2.75) is 33.4 Å². The van der Waals surface area contributed by atoms with E-state index in [0.717, 1.165) is 34.9 Å². The summed E-state index contributed by atoms with van der Waals surface area (Å²) in [5, 5.41) is 4.31. The number of nitrogens with zero attached hydrogens (tertiary/aromatic N) is 2. The van der Waals surface area contributed by atoms with E-state index in [1.807, 2.05) is 42.9 Å². The van der Waals surface area contributed by atoms with E-state index >= 15 is 0 Å². The summed E-state index contributed by atoms with van der Waals surface area (Å²) in [6.45, 7) is 5.64. The van der Waals surface area contributed by atoms with Crippen LogP contribution in [0, 0.1) is 6.92 Å². The Kier molecular flexibility index (Phi) is 5.22. The third-order valence-electron chi connectivity index (χ3n) is 3.21. The van der Waals surface area contributed by atoms with Crippen LogP contribution < -0.4 is 15.2 Å². The van der Waals surface area contributed by atoms with E-state index in [1.54, 1.807) is 0 Å². The van der Waals surface area contributed by atoms with E-state index in [2.05, 4.69) is 12.0 Å². The molecule has 2 aromatic rings. The second-order valence-corrected chi connectivity index (χ2v) is 5.01. The zero-order valence-corrected chi connectivity index (χ0v) is 12.9. The van der Waals surface area contributed by atoms with Gasteiger partial charge < -0.3 is 15.2 Å². The van der Waals surface area contributed by atoms with Crippen molar-refractivity contribution in [1.29, 1.82) is 0 Å². The van der Waals surface area contributed by atoms with Crippen LogP contribution in [0.25, 0.3) is 0 Å². The predicted molar refractivity (Wildman–Crippen MR) is 82.4 cm³/mol. The average molecular weight is 289 g/mol. The summed E-state index contributed by atoms with van der Waals surface area (Å²) in [6.07, 6.45) is 0.975. The maximum absolute atomic E-state index is 5.91. The molecular formula is C16H23N3O2. The summed E-state index contributed by atoms with van der Waals surface area (Å²) >= 11 is 0. The lowest BCUT2D eigenvalue weighted by Crippen LogP contribution is -2.06. The molecule has 0 radical (unpaired) electrons. The number of nitrogens with two attached hydrogens (primary N) is 1. The minimum Gasteiger partial charge on any atom is -0.493 e. The van der Waals surface area contributed by atoms with Gasteiger partial charge in [-0.05, 0) is 25.5 Å². The molecule has 0 saturated carbocycles. The number of aryl methyl sites for hydroxylation is 2. The molecule has 114 valence electrons. The Morgan fingerprint density at radius 3 is 2.67 bits per heavy atom. The Balaban J connectivity index is 2.11. The Hall–Kier alpha value is -2.01. The fraction of sp³-hybridized carbons (Fsp3) is 0.438. The Morgan fingerprint density at radius 2 is 2.05 bits per heavy atom. The van der Waals surface area contributed by atoms with Gasteiger partial charge in [-0.3, -0.25) is 4.68 Å². The van der Waals surface area contributed by atoms with Gasteiger partial charge in [0, 0.05) is 25.2 Å². The zero-order chi connectivity index (χ0) is 15.2. The van der Waals surface area contributed by atoms with Crippen molar-refractivity contribution < 1.29 is 9.47 Å². The highest BCUT2D eigenvalue weighted by Crippen LogP contribution is 2.25. The summed E-state index contributed by atoms with van der Waals surface area (Å²) < 4.78 is 13.4. The molecule has 5 heteroatoms. The lowest BCUT2D eigenvalue weighted by atomic mass is 10.2. The maximum Gasteiger partial charge on any atom is 0.130 e. The van der Waals surface area contributed by atoms with Gasteiger partial charge >= 0.3 is 0 Å². The molecule has 2 rings (SSSR count). The van der Waals surface area contributed by atoms with E-state index in [-0.39, 0.29) is 0 Å². The van der Waals surface area contributed by atoms with Crippen LogP contribution in [0.1, 0.15) is 30.3 Å². The van der Waals surface area contributed by atoms with Gasteiger partial charge in [-0.15, -0.1) is 0 Å². The molecule has 1 aromatic heterocycles. The molecule has 0 bridgehead atoms. The van der Waals surface area contributed by atoms with E-state index in [9.17, 15) is 0 Å². The molecule has 5 nitrogen and oxygen atoms in total. The largest absolute Gasteiger partial charge is 0.493 e. The van der Waals surface area contributed by atoms with Crippen molar-refractivity contribution >= 4 is 0 Å². The van der Waals surface area contributed by atoms with Crippen LogP contribution in [-0.4, -0.2) is 16.4 Å². The first-order valence-electron chi connectivity index (χ1n) is 7.22. The first-order valence-corrected chi connectivity index (χ1v) is 7.22. The number of hydrogen-bond acceptors (Lipinski definition) is 4. The molecule has 2 N–H and O–H groups in total. The van der Waals surface area contributed by atoms with Gasteiger partial charge in [-0.2, -0.15) is 5.10 Å². The Labute approximate surface area is 125 Å². The van der Waals surface area contributed by atoms with E-state index in [1.165, 1.54) is 0 Å². The van der Waals surface area contributed by atoms with E-state index in [0.29, 0.717) is 19.8 Å². The molecule has 0 aliphatic heterocycles. The van der Waals surface area contributed by atoms with Gasteiger partial charge in [-0.25, -0.2) is 0 Å². The van der Waals surface area contributed by atoms with E-state index in [4.69, 9.17) is 15.2 Å². The quantitative estimate of drug-likeness (QED) is 0.851. The first kappa shape index (κ1) is 15.4. The smallest absolute Gasteiger partial charge is 0.130 e. The fourth-order valence-corrected chi connectivity index (χ4v) is 2.10. The van der Waals surface area contributed by atoms with Crippen LogP contribution >= 0.6 is 0 Å². The van der Waals surface area contributed by atoms with E-state index < -0.39 is 0 Å². The molecule has 0 atom stereocenters. The van der Waals surface area contributed by atoms with Crippen molar-refractivity contribution in [2.24, 2.45) is 12.8 Å². The standard InChI is InChI=1S/C16H23N3O2/c1-4-7-20-15-6-5-13(10-17)16(9-15)21-11-14-8-12(2)18-19(14)3/h5-6,8-9H,4,7,10-11,17H2,1-3H3. The number of aromatic nitrogens is 2. The molecule has 0 fully saturated rings. The SMILES string of the molecule is CCCOc1ccc(CN)c(OCc2cc(C)nn2C)c1. The van der Waals surface area contributed by atoms with Crippen LogP contribution in [0.3, 0.4) is 0 Å². The van der Waals surface area contributed by atoms with Gasteiger partial charge in [0.15, 0.2) is 0 Å². The summed E-state index contributed by atoms with van der Waals surface area (Å²) in [7, 11) is 1.91. The van der Waals surface area contributed by atoms with Gasteiger partial charge in [0.2, 0.25) is 0 Å². The van der Waals surface area contributed by atoms with Gasteiger partial charge in [-0.1, -0.05) is 13.0 Å². The number of benzene rings is 1. The highest BCUT2D eigenvalue weighted by molar-refractivity contribution is 5.40. The Bertz CT molecular complexity index is 593. The fourth-order valence-electron chi connectivity index (χ4n) is 2.10. The number of rotatable bonds is 7. The number of ether oxygens (including phenoxy) is 2. The van der Waals surface area contributed by atoms with Crippen LogP contribution in [0.4, 0.5) is 0 Å². The third kappa shape index (κ3) is 3.98. The topological polar surface area (TPSA) is 62.3 Å². The monoisotopic (exact) mass is 289 g/mol. The third-order valence-corrected chi connectivity index (χ3v) is 3.21. The number of hydrogen-bond donors (Lipinski definition) is 1. The maximum atomic E-state index is 5.91. The summed E-state index contributed by atoms with van der Waals surface area (Å²) in [5.41, 5.74) is 8.74. The molecular weight excluding hydrogens is 266 g/mol. The van der Waals surface area contributed by atoms with Crippen molar-refractivity contribution in [3.05, 3.63) is 41.2 Å². The van der Waals surface area contributed by atoms with Crippen molar-refractivity contribution in [3.8, 4) is 11.5 Å². The van der Waals surface area contributed by atoms with Crippen LogP contribution in [0.15, 0.2) is 24.3 Å². The van der Waals surface area contributed by atoms with Crippen LogP contribution in [0.2, 0.25) is 0 Å². The molecule has 0 saturated heterocycles. The van der Waals surface area contributed by atoms with Crippen molar-refractivity contribution in [1.82, 2.24) is 9.78 Å². The van der Waals surface area contributed by atoms with Crippen molar-refractivity contribution in [2.75, 3.05) is 6.61 Å². The molecule has 21 heavy (non-hydrogen) atoms. The molecule has 0 aliphatic carbocycles. The summed E-state index contributed by atoms with van der Waals surface area (Å²) in [6, 6.07) is 7.80. The molecule has 0 amide bonds. The molecule has 1 aromatic carbocycles. The second-order valence-electron chi connectivity index (χ2n) is 5.01.